The molecule has 0 atom stereocenters. The zero-order valence-corrected chi connectivity index (χ0v) is 10.7. The summed E-state index contributed by atoms with van der Waals surface area (Å²) >= 11 is 0. The van der Waals surface area contributed by atoms with Gasteiger partial charge in [-0.1, -0.05) is 17.7 Å². The fourth-order valence-corrected chi connectivity index (χ4v) is 1.05. The summed E-state index contributed by atoms with van der Waals surface area (Å²) in [5.74, 6) is -0.859. The van der Waals surface area contributed by atoms with E-state index in [2.05, 4.69) is 0 Å². The fraction of sp³-hybridized carbons (Fsp3) is 0.222. The van der Waals surface area contributed by atoms with Gasteiger partial charge in [-0.25, -0.2) is 4.79 Å². The van der Waals surface area contributed by atoms with Crippen LogP contribution >= 0.6 is 0 Å². The van der Waals surface area contributed by atoms with Gasteiger partial charge in [-0.3, -0.25) is 0 Å². The van der Waals surface area contributed by atoms with Crippen LogP contribution in [0.3, 0.4) is 0 Å². The van der Waals surface area contributed by atoms with Crippen LogP contribution in [0.1, 0.15) is 22.9 Å². The first-order valence-electron chi connectivity index (χ1n) is 3.42. The van der Waals surface area contributed by atoms with Crippen LogP contribution in [0, 0.1) is 13.8 Å². The number of hydrogen-bond donors (Lipinski definition) is 1. The molecule has 1 aromatic carbocycles. The van der Waals surface area contributed by atoms with E-state index in [1.807, 2.05) is 13.0 Å². The van der Waals surface area contributed by atoms with E-state index in [0.717, 1.165) is 11.1 Å². The predicted octanol–water partition coefficient (Wildman–Crippen LogP) is -0.882. The van der Waals surface area contributed by atoms with Crippen LogP contribution in [-0.2, 0) is 0 Å². The predicted molar refractivity (Wildman–Crippen MR) is 44.0 cm³/mol. The van der Waals surface area contributed by atoms with Crippen molar-refractivity contribution < 1.29 is 62.7 Å². The first-order chi connectivity index (χ1) is 5.11. The van der Waals surface area contributed by atoms with Crippen LogP contribution in [0.2, 0.25) is 0 Å². The van der Waals surface area contributed by atoms with Crippen molar-refractivity contribution in [3.63, 3.8) is 0 Å². The molecule has 1 rings (SSSR count). The number of aryl methyl sites for hydroxylation is 2. The van der Waals surface area contributed by atoms with Gasteiger partial charge in [0, 0.05) is 0 Å². The molecule has 0 unspecified atom stereocenters. The number of carbonyl (C=O) groups is 1. The summed E-state index contributed by atoms with van der Waals surface area (Å²) in [6, 6.07) is 5.30. The molecule has 0 spiro atoms. The Balaban J connectivity index is 0. The number of carboxylic acids is 1. The third kappa shape index (κ3) is 2.99. The van der Waals surface area contributed by atoms with Crippen LogP contribution in [0.25, 0.3) is 0 Å². The molecule has 2 nitrogen and oxygen atoms in total. The van der Waals surface area contributed by atoms with E-state index in [1.54, 1.807) is 19.1 Å². The zero-order chi connectivity index (χ0) is 8.43. The molecule has 0 aromatic heterocycles. The maximum absolute atomic E-state index is 10.5. The Bertz CT molecular complexity index is 300. The van der Waals surface area contributed by atoms with Crippen molar-refractivity contribution in [2.45, 2.75) is 13.8 Å². The minimum atomic E-state index is -0.859. The van der Waals surface area contributed by atoms with Crippen molar-refractivity contribution in [1.82, 2.24) is 0 Å². The van der Waals surface area contributed by atoms with Gasteiger partial charge >= 0.3 is 57.4 Å². The molecular formula is C9H11KO2. The minimum Gasteiger partial charge on any atom is -1.00 e. The summed E-state index contributed by atoms with van der Waals surface area (Å²) in [6.45, 7) is 3.75. The number of carboxylic acid groups (broad SMARTS) is 1. The molecule has 1 aromatic rings. The smallest absolute Gasteiger partial charge is 1.00 e. The summed E-state index contributed by atoms with van der Waals surface area (Å²) < 4.78 is 0. The van der Waals surface area contributed by atoms with Crippen molar-refractivity contribution >= 4 is 5.97 Å². The normalized spacial score (nSPS) is 8.83. The van der Waals surface area contributed by atoms with Gasteiger partial charge in [0.25, 0.3) is 0 Å². The minimum absolute atomic E-state index is 0. The van der Waals surface area contributed by atoms with E-state index >= 15 is 0 Å². The Hall–Kier alpha value is 0.326. The SMILES string of the molecule is Cc1ccc(C(=O)O)c(C)c1.[H-].[K+]. The van der Waals surface area contributed by atoms with E-state index in [4.69, 9.17) is 5.11 Å². The molecule has 0 amide bonds. The Morgan fingerprint density at radius 1 is 1.42 bits per heavy atom. The van der Waals surface area contributed by atoms with Crippen molar-refractivity contribution in [2.75, 3.05) is 0 Å². The van der Waals surface area contributed by atoms with E-state index in [0.29, 0.717) is 5.56 Å². The topological polar surface area (TPSA) is 37.3 Å². The van der Waals surface area contributed by atoms with Crippen molar-refractivity contribution in [3.8, 4) is 0 Å². The quantitative estimate of drug-likeness (QED) is 0.584. The zero-order valence-electron chi connectivity index (χ0n) is 8.59. The van der Waals surface area contributed by atoms with E-state index in [-0.39, 0.29) is 52.8 Å². The molecule has 0 saturated carbocycles. The Kier molecular flexibility index (Phi) is 5.28. The Labute approximate surface area is 116 Å². The average Bonchev–Trinajstić information content (AvgIpc) is 1.85. The monoisotopic (exact) mass is 190 g/mol. The Morgan fingerprint density at radius 3 is 2.42 bits per heavy atom. The molecule has 1 N–H and O–H groups in total. The Morgan fingerprint density at radius 2 is 2.00 bits per heavy atom. The van der Waals surface area contributed by atoms with E-state index < -0.39 is 5.97 Å². The van der Waals surface area contributed by atoms with Crippen LogP contribution in [0.15, 0.2) is 18.2 Å². The second kappa shape index (κ2) is 5.14. The van der Waals surface area contributed by atoms with Gasteiger partial charge in [0.2, 0.25) is 0 Å². The number of hydrogen-bond acceptors (Lipinski definition) is 1. The molecule has 3 heteroatoms. The molecule has 0 aliphatic heterocycles. The van der Waals surface area contributed by atoms with Crippen LogP contribution in [-0.4, -0.2) is 11.1 Å². The summed E-state index contributed by atoms with van der Waals surface area (Å²) in [7, 11) is 0. The molecule has 0 bridgehead atoms. The molecule has 60 valence electrons. The third-order valence-electron chi connectivity index (χ3n) is 1.61. The van der Waals surface area contributed by atoms with Crippen molar-refractivity contribution in [1.29, 1.82) is 0 Å². The number of aromatic carboxylic acids is 1. The summed E-state index contributed by atoms with van der Waals surface area (Å²) in [5.41, 5.74) is 2.29. The van der Waals surface area contributed by atoms with Crippen LogP contribution in [0.4, 0.5) is 0 Å². The van der Waals surface area contributed by atoms with Gasteiger partial charge in [0.1, 0.15) is 0 Å². The van der Waals surface area contributed by atoms with E-state index in [1.165, 1.54) is 0 Å². The maximum Gasteiger partial charge on any atom is 1.00 e. The van der Waals surface area contributed by atoms with Crippen LogP contribution in [0.5, 0.6) is 0 Å². The summed E-state index contributed by atoms with van der Waals surface area (Å²) in [5, 5.41) is 8.66. The van der Waals surface area contributed by atoms with Crippen molar-refractivity contribution in [3.05, 3.63) is 34.9 Å². The van der Waals surface area contributed by atoms with Gasteiger partial charge in [-0.2, -0.15) is 0 Å². The third-order valence-corrected chi connectivity index (χ3v) is 1.61. The largest absolute Gasteiger partial charge is 1.00 e. The standard InChI is InChI=1S/C9H10O2.K.H/c1-6-3-4-8(9(10)11)7(2)5-6;;/h3-5H,1-2H3,(H,10,11);;/q;+1;-1. The van der Waals surface area contributed by atoms with Gasteiger partial charge in [0.05, 0.1) is 5.56 Å². The van der Waals surface area contributed by atoms with Gasteiger partial charge < -0.3 is 6.53 Å². The van der Waals surface area contributed by atoms with Crippen LogP contribution < -0.4 is 51.4 Å². The second-order valence-electron chi connectivity index (χ2n) is 2.62. The number of rotatable bonds is 1. The molecule has 0 saturated heterocycles. The first-order valence-corrected chi connectivity index (χ1v) is 3.42. The molecule has 12 heavy (non-hydrogen) atoms. The average molecular weight is 190 g/mol. The second-order valence-corrected chi connectivity index (χ2v) is 2.62. The summed E-state index contributed by atoms with van der Waals surface area (Å²) in [4.78, 5) is 10.5. The van der Waals surface area contributed by atoms with Gasteiger partial charge in [0.15, 0.2) is 0 Å². The molecule has 0 aliphatic carbocycles. The molecule has 0 fully saturated rings. The summed E-state index contributed by atoms with van der Waals surface area (Å²) in [6.07, 6.45) is 0. The van der Waals surface area contributed by atoms with Gasteiger partial charge in [-0.15, -0.1) is 0 Å². The van der Waals surface area contributed by atoms with Gasteiger partial charge in [-0.05, 0) is 25.5 Å². The molecular weight excluding hydrogens is 179 g/mol. The fourth-order valence-electron chi connectivity index (χ4n) is 1.05. The molecule has 0 aliphatic rings. The van der Waals surface area contributed by atoms with E-state index in [9.17, 15) is 4.79 Å². The van der Waals surface area contributed by atoms with Crippen molar-refractivity contribution in [2.24, 2.45) is 0 Å². The molecule has 0 radical (unpaired) electrons. The maximum atomic E-state index is 10.5. The first kappa shape index (κ1) is 12.3. The molecule has 0 heterocycles. The number of benzene rings is 1.